The fraction of sp³-hybridized carbons (Fsp3) is 0.188. The van der Waals surface area contributed by atoms with Gasteiger partial charge in [-0.2, -0.15) is 5.10 Å². The summed E-state index contributed by atoms with van der Waals surface area (Å²) in [7, 11) is 0. The summed E-state index contributed by atoms with van der Waals surface area (Å²) in [5, 5.41) is 6.62. The SMILES string of the molecule is C/C(CC(=O)Nc1ccc2c(c1)OCO2)=N/NC(=O)c1cnccn1. The summed E-state index contributed by atoms with van der Waals surface area (Å²) in [6, 6.07) is 5.12. The maximum Gasteiger partial charge on any atom is 0.291 e. The summed E-state index contributed by atoms with van der Waals surface area (Å²) in [4.78, 5) is 31.5. The fourth-order valence-corrected chi connectivity index (χ4v) is 2.07. The smallest absolute Gasteiger partial charge is 0.291 e. The number of carbonyl (C=O) groups excluding carboxylic acids is 2. The minimum Gasteiger partial charge on any atom is -0.454 e. The zero-order valence-corrected chi connectivity index (χ0v) is 13.4. The number of hydrogen-bond donors (Lipinski definition) is 2. The van der Waals surface area contributed by atoms with E-state index in [-0.39, 0.29) is 24.8 Å². The first-order valence-electron chi connectivity index (χ1n) is 7.41. The van der Waals surface area contributed by atoms with Crippen LogP contribution in [0.4, 0.5) is 5.69 Å². The molecule has 0 bridgehead atoms. The minimum atomic E-state index is -0.497. The number of carbonyl (C=O) groups is 2. The van der Waals surface area contributed by atoms with Crippen LogP contribution in [-0.2, 0) is 4.79 Å². The van der Waals surface area contributed by atoms with E-state index in [0.29, 0.717) is 22.9 Å². The first-order chi connectivity index (χ1) is 12.1. The van der Waals surface area contributed by atoms with Crippen molar-refractivity contribution in [3.8, 4) is 11.5 Å². The summed E-state index contributed by atoms with van der Waals surface area (Å²) in [6.07, 6.45) is 4.22. The number of amides is 2. The Morgan fingerprint density at radius 2 is 2.08 bits per heavy atom. The van der Waals surface area contributed by atoms with Crippen molar-refractivity contribution < 1.29 is 19.1 Å². The third-order valence-corrected chi connectivity index (χ3v) is 3.22. The van der Waals surface area contributed by atoms with Crippen molar-refractivity contribution in [1.82, 2.24) is 15.4 Å². The number of anilines is 1. The van der Waals surface area contributed by atoms with Gasteiger partial charge in [-0.15, -0.1) is 0 Å². The van der Waals surface area contributed by atoms with Crippen LogP contribution >= 0.6 is 0 Å². The van der Waals surface area contributed by atoms with E-state index in [0.717, 1.165) is 0 Å². The van der Waals surface area contributed by atoms with Crippen LogP contribution in [0.5, 0.6) is 11.5 Å². The summed E-state index contributed by atoms with van der Waals surface area (Å²) in [5.74, 6) is 0.458. The normalized spacial score (nSPS) is 12.6. The van der Waals surface area contributed by atoms with E-state index in [1.54, 1.807) is 25.1 Å². The van der Waals surface area contributed by atoms with E-state index >= 15 is 0 Å². The number of ether oxygens (including phenoxy) is 2. The highest BCUT2D eigenvalue weighted by atomic mass is 16.7. The molecule has 128 valence electrons. The molecule has 1 aromatic carbocycles. The van der Waals surface area contributed by atoms with Gasteiger partial charge >= 0.3 is 0 Å². The molecular formula is C16H15N5O4. The zero-order valence-electron chi connectivity index (χ0n) is 13.4. The van der Waals surface area contributed by atoms with Gasteiger partial charge in [0.2, 0.25) is 12.7 Å². The quantitative estimate of drug-likeness (QED) is 0.626. The van der Waals surface area contributed by atoms with Crippen molar-refractivity contribution in [2.45, 2.75) is 13.3 Å². The Morgan fingerprint density at radius 3 is 2.88 bits per heavy atom. The number of nitrogens with one attached hydrogen (secondary N) is 2. The van der Waals surface area contributed by atoms with Gasteiger partial charge in [-0.3, -0.25) is 14.6 Å². The highest BCUT2D eigenvalue weighted by molar-refractivity contribution is 6.06. The molecule has 0 fully saturated rings. The van der Waals surface area contributed by atoms with Gasteiger partial charge in [-0.05, 0) is 19.1 Å². The number of benzene rings is 1. The second-order valence-corrected chi connectivity index (χ2v) is 5.17. The summed E-state index contributed by atoms with van der Waals surface area (Å²) in [5.41, 5.74) is 3.50. The summed E-state index contributed by atoms with van der Waals surface area (Å²) in [6.45, 7) is 1.81. The van der Waals surface area contributed by atoms with Crippen molar-refractivity contribution in [3.05, 3.63) is 42.5 Å². The number of rotatable bonds is 5. The monoisotopic (exact) mass is 341 g/mol. The van der Waals surface area contributed by atoms with Gasteiger partial charge in [0.25, 0.3) is 5.91 Å². The highest BCUT2D eigenvalue weighted by Crippen LogP contribution is 2.34. The van der Waals surface area contributed by atoms with Crippen LogP contribution in [0.25, 0.3) is 0 Å². The molecule has 2 amide bonds. The standard InChI is InChI=1S/C16H15N5O4/c1-10(20-21-16(23)12-8-17-4-5-18-12)6-15(22)19-11-2-3-13-14(7-11)25-9-24-13/h2-5,7-8H,6,9H2,1H3,(H,19,22)(H,21,23)/b20-10-. The molecule has 3 rings (SSSR count). The maximum absolute atomic E-state index is 12.0. The Labute approximate surface area is 143 Å². The molecule has 1 aromatic heterocycles. The topological polar surface area (TPSA) is 115 Å². The molecule has 0 unspecified atom stereocenters. The van der Waals surface area contributed by atoms with E-state index in [1.807, 2.05) is 0 Å². The van der Waals surface area contributed by atoms with Crippen molar-refractivity contribution in [1.29, 1.82) is 0 Å². The second-order valence-electron chi connectivity index (χ2n) is 5.17. The van der Waals surface area contributed by atoms with Crippen LogP contribution in [0.2, 0.25) is 0 Å². The number of nitrogens with zero attached hydrogens (tertiary/aromatic N) is 3. The molecule has 2 aromatic rings. The molecule has 25 heavy (non-hydrogen) atoms. The number of hydrogen-bond acceptors (Lipinski definition) is 7. The first-order valence-corrected chi connectivity index (χ1v) is 7.41. The Morgan fingerprint density at radius 1 is 1.24 bits per heavy atom. The Kier molecular flexibility index (Phi) is 4.84. The first kappa shape index (κ1) is 16.4. The van der Waals surface area contributed by atoms with Gasteiger partial charge in [-0.1, -0.05) is 0 Å². The van der Waals surface area contributed by atoms with Crippen LogP contribution in [0, 0.1) is 0 Å². The predicted molar refractivity (Wildman–Crippen MR) is 88.4 cm³/mol. The molecule has 0 aliphatic carbocycles. The number of hydrazone groups is 1. The molecule has 2 heterocycles. The lowest BCUT2D eigenvalue weighted by atomic mass is 10.2. The van der Waals surface area contributed by atoms with Gasteiger partial charge in [0.1, 0.15) is 5.69 Å². The molecule has 0 atom stereocenters. The third kappa shape index (κ3) is 4.28. The van der Waals surface area contributed by atoms with Crippen LogP contribution in [0.3, 0.4) is 0 Å². The molecule has 0 saturated carbocycles. The maximum atomic E-state index is 12.0. The lowest BCUT2D eigenvalue weighted by Crippen LogP contribution is -2.22. The van der Waals surface area contributed by atoms with Gasteiger partial charge in [0.05, 0.1) is 12.6 Å². The molecule has 9 heteroatoms. The Balaban J connectivity index is 1.52. The van der Waals surface area contributed by atoms with Crippen LogP contribution in [-0.4, -0.2) is 34.3 Å². The minimum absolute atomic E-state index is 0.0230. The number of fused-ring (bicyclic) bond motifs is 1. The molecule has 0 saturated heterocycles. The predicted octanol–water partition coefficient (Wildman–Crippen LogP) is 1.34. The Hall–Kier alpha value is -3.49. The summed E-state index contributed by atoms with van der Waals surface area (Å²) >= 11 is 0. The highest BCUT2D eigenvalue weighted by Gasteiger charge is 2.14. The lowest BCUT2D eigenvalue weighted by molar-refractivity contribution is -0.115. The van der Waals surface area contributed by atoms with Crippen LogP contribution in [0.15, 0.2) is 41.9 Å². The van der Waals surface area contributed by atoms with E-state index in [1.165, 1.54) is 18.6 Å². The number of aromatic nitrogens is 2. The van der Waals surface area contributed by atoms with Crippen molar-refractivity contribution in [2.24, 2.45) is 5.10 Å². The fourth-order valence-electron chi connectivity index (χ4n) is 2.07. The molecule has 1 aliphatic heterocycles. The van der Waals surface area contributed by atoms with Gasteiger partial charge in [-0.25, -0.2) is 10.4 Å². The molecule has 0 spiro atoms. The lowest BCUT2D eigenvalue weighted by Gasteiger charge is -2.06. The van der Waals surface area contributed by atoms with Gasteiger partial charge < -0.3 is 14.8 Å². The zero-order chi connectivity index (χ0) is 17.6. The molecule has 0 radical (unpaired) electrons. The molecule has 9 nitrogen and oxygen atoms in total. The largest absolute Gasteiger partial charge is 0.454 e. The average Bonchev–Trinajstić information content (AvgIpc) is 3.08. The van der Waals surface area contributed by atoms with Crippen molar-refractivity contribution >= 4 is 23.2 Å². The van der Waals surface area contributed by atoms with Crippen molar-refractivity contribution in [3.63, 3.8) is 0 Å². The molecule has 2 N–H and O–H groups in total. The molecule has 1 aliphatic rings. The van der Waals surface area contributed by atoms with E-state index in [2.05, 4.69) is 25.8 Å². The summed E-state index contributed by atoms with van der Waals surface area (Å²) < 4.78 is 10.5. The van der Waals surface area contributed by atoms with Crippen molar-refractivity contribution in [2.75, 3.05) is 12.1 Å². The second kappa shape index (κ2) is 7.39. The average molecular weight is 341 g/mol. The Bertz CT molecular complexity index is 823. The van der Waals surface area contributed by atoms with Gasteiger partial charge in [0.15, 0.2) is 11.5 Å². The van der Waals surface area contributed by atoms with Gasteiger partial charge in [0, 0.05) is 29.9 Å². The van der Waals surface area contributed by atoms with Crippen LogP contribution in [0.1, 0.15) is 23.8 Å². The third-order valence-electron chi connectivity index (χ3n) is 3.22. The van der Waals surface area contributed by atoms with E-state index < -0.39 is 5.91 Å². The molecular weight excluding hydrogens is 326 g/mol. The van der Waals surface area contributed by atoms with E-state index in [9.17, 15) is 9.59 Å². The van der Waals surface area contributed by atoms with E-state index in [4.69, 9.17) is 9.47 Å². The van der Waals surface area contributed by atoms with Crippen LogP contribution < -0.4 is 20.2 Å².